The van der Waals surface area contributed by atoms with Gasteiger partial charge in [0.05, 0.1) is 5.69 Å². The first-order valence-corrected chi connectivity index (χ1v) is 7.01. The fraction of sp³-hybridized carbons (Fsp3) is 0.267. The molecule has 2 heterocycles. The van der Waals surface area contributed by atoms with E-state index in [1.54, 1.807) is 0 Å². The van der Waals surface area contributed by atoms with Gasteiger partial charge in [-0.1, -0.05) is 0 Å². The molecule has 3 rings (SSSR count). The number of hydrogen-bond donors (Lipinski definition) is 2. The highest BCUT2D eigenvalue weighted by molar-refractivity contribution is 5.92. The topological polar surface area (TPSA) is 76.0 Å². The van der Waals surface area contributed by atoms with E-state index in [-0.39, 0.29) is 23.2 Å². The van der Waals surface area contributed by atoms with Crippen LogP contribution in [0.2, 0.25) is 0 Å². The van der Waals surface area contributed by atoms with E-state index in [0.717, 1.165) is 24.2 Å². The molecule has 6 nitrogen and oxygen atoms in total. The molecule has 0 radical (unpaired) electrons. The Labute approximate surface area is 126 Å². The molecule has 114 valence electrons. The van der Waals surface area contributed by atoms with Gasteiger partial charge in [-0.2, -0.15) is 9.78 Å². The van der Waals surface area contributed by atoms with Crippen molar-refractivity contribution >= 4 is 5.91 Å². The molecule has 1 aromatic carbocycles. The molecule has 22 heavy (non-hydrogen) atoms. The summed E-state index contributed by atoms with van der Waals surface area (Å²) in [4.78, 5) is 24.1. The monoisotopic (exact) mass is 302 g/mol. The molecular weight excluding hydrogens is 287 g/mol. The highest BCUT2D eigenvalue weighted by Crippen LogP contribution is 2.06. The summed E-state index contributed by atoms with van der Waals surface area (Å²) in [6, 6.07) is 8.08. The lowest BCUT2D eigenvalue weighted by atomic mass is 10.2. The molecule has 0 saturated carbocycles. The third-order valence-corrected chi connectivity index (χ3v) is 3.50. The minimum absolute atomic E-state index is 0.0699. The molecule has 2 N–H and O–H groups in total. The molecular formula is C15H15FN4O2. The molecule has 1 fully saturated rings. The minimum Gasteiger partial charge on any atom is -0.347 e. The average molecular weight is 302 g/mol. The minimum atomic E-state index is -0.403. The number of carbonyl (C=O) groups is 1. The van der Waals surface area contributed by atoms with Crippen molar-refractivity contribution in [1.29, 1.82) is 0 Å². The van der Waals surface area contributed by atoms with Crippen molar-refractivity contribution in [2.75, 3.05) is 13.1 Å². The Hall–Kier alpha value is -2.54. The Morgan fingerprint density at radius 1 is 1.27 bits per heavy atom. The maximum Gasteiger partial charge on any atom is 0.272 e. The SMILES string of the molecule is O=C(NC1CCNC1)c1ccc(=O)n(-c2ccc(F)cc2)n1. The summed E-state index contributed by atoms with van der Waals surface area (Å²) in [6.45, 7) is 1.59. The highest BCUT2D eigenvalue weighted by Gasteiger charge is 2.19. The van der Waals surface area contributed by atoms with Crippen LogP contribution in [0.3, 0.4) is 0 Å². The van der Waals surface area contributed by atoms with E-state index >= 15 is 0 Å². The molecule has 7 heteroatoms. The molecule has 0 bridgehead atoms. The summed E-state index contributed by atoms with van der Waals surface area (Å²) < 4.78 is 14.0. The van der Waals surface area contributed by atoms with E-state index in [9.17, 15) is 14.0 Å². The van der Waals surface area contributed by atoms with Crippen LogP contribution in [0.25, 0.3) is 5.69 Å². The second-order valence-corrected chi connectivity index (χ2v) is 5.11. The van der Waals surface area contributed by atoms with Gasteiger partial charge in [-0.3, -0.25) is 9.59 Å². The summed E-state index contributed by atoms with van der Waals surface area (Å²) in [5.74, 6) is -0.732. The van der Waals surface area contributed by atoms with Crippen LogP contribution in [0.5, 0.6) is 0 Å². The lowest BCUT2D eigenvalue weighted by Gasteiger charge is -2.11. The molecule has 1 amide bonds. The van der Waals surface area contributed by atoms with Gasteiger partial charge < -0.3 is 10.6 Å². The molecule has 1 aliphatic heterocycles. The first-order chi connectivity index (χ1) is 10.6. The van der Waals surface area contributed by atoms with Gasteiger partial charge in [0.1, 0.15) is 11.5 Å². The molecule has 0 spiro atoms. The zero-order chi connectivity index (χ0) is 15.5. The first kappa shape index (κ1) is 14.4. The van der Waals surface area contributed by atoms with Crippen molar-refractivity contribution in [3.63, 3.8) is 0 Å². The van der Waals surface area contributed by atoms with E-state index in [2.05, 4.69) is 15.7 Å². The van der Waals surface area contributed by atoms with E-state index in [1.165, 1.54) is 36.4 Å². The second-order valence-electron chi connectivity index (χ2n) is 5.11. The van der Waals surface area contributed by atoms with Crippen LogP contribution in [0.1, 0.15) is 16.9 Å². The quantitative estimate of drug-likeness (QED) is 0.864. The predicted molar refractivity (Wildman–Crippen MR) is 78.5 cm³/mol. The molecule has 1 saturated heterocycles. The lowest BCUT2D eigenvalue weighted by molar-refractivity contribution is 0.0933. The lowest BCUT2D eigenvalue weighted by Crippen LogP contribution is -2.37. The van der Waals surface area contributed by atoms with Crippen molar-refractivity contribution in [1.82, 2.24) is 20.4 Å². The fourth-order valence-corrected chi connectivity index (χ4v) is 2.34. The van der Waals surface area contributed by atoms with Crippen molar-refractivity contribution in [2.24, 2.45) is 0 Å². The zero-order valence-electron chi connectivity index (χ0n) is 11.8. The third-order valence-electron chi connectivity index (χ3n) is 3.50. The van der Waals surface area contributed by atoms with Gasteiger partial charge in [0.25, 0.3) is 11.5 Å². The van der Waals surface area contributed by atoms with E-state index in [0.29, 0.717) is 5.69 Å². The van der Waals surface area contributed by atoms with Gasteiger partial charge in [-0.15, -0.1) is 0 Å². The van der Waals surface area contributed by atoms with Crippen LogP contribution in [0, 0.1) is 5.82 Å². The Bertz CT molecular complexity index is 736. The maximum absolute atomic E-state index is 13.0. The van der Waals surface area contributed by atoms with Crippen molar-refractivity contribution in [2.45, 2.75) is 12.5 Å². The van der Waals surface area contributed by atoms with Gasteiger partial charge in [0.15, 0.2) is 0 Å². The standard InChI is InChI=1S/C15H15FN4O2/c16-10-1-3-12(4-2-10)20-14(21)6-5-13(19-20)15(22)18-11-7-8-17-9-11/h1-6,11,17H,7-9H2,(H,18,22). The summed E-state index contributed by atoms with van der Waals surface area (Å²) in [7, 11) is 0. The predicted octanol–water partition coefficient (Wildman–Crippen LogP) is 0.463. The van der Waals surface area contributed by atoms with E-state index in [4.69, 9.17) is 0 Å². The fourth-order valence-electron chi connectivity index (χ4n) is 2.34. The number of carbonyl (C=O) groups excluding carboxylic acids is 1. The Kier molecular flexibility index (Phi) is 3.97. The van der Waals surface area contributed by atoms with Crippen LogP contribution in [0.4, 0.5) is 4.39 Å². The van der Waals surface area contributed by atoms with Crippen LogP contribution >= 0.6 is 0 Å². The van der Waals surface area contributed by atoms with Crippen LogP contribution < -0.4 is 16.2 Å². The summed E-state index contributed by atoms with van der Waals surface area (Å²) in [5.41, 5.74) is 0.171. The normalized spacial score (nSPS) is 17.4. The Balaban J connectivity index is 1.87. The van der Waals surface area contributed by atoms with Gasteiger partial charge >= 0.3 is 0 Å². The van der Waals surface area contributed by atoms with Crippen molar-refractivity contribution in [3.05, 3.63) is 58.3 Å². The summed E-state index contributed by atoms with van der Waals surface area (Å²) in [5, 5.41) is 10.1. The van der Waals surface area contributed by atoms with Gasteiger partial charge in [-0.25, -0.2) is 4.39 Å². The first-order valence-electron chi connectivity index (χ1n) is 7.01. The Morgan fingerprint density at radius 2 is 2.05 bits per heavy atom. The van der Waals surface area contributed by atoms with Crippen LogP contribution in [-0.4, -0.2) is 34.8 Å². The Morgan fingerprint density at radius 3 is 2.73 bits per heavy atom. The number of benzene rings is 1. The number of rotatable bonds is 3. The summed E-state index contributed by atoms with van der Waals surface area (Å²) >= 11 is 0. The van der Waals surface area contributed by atoms with Gasteiger partial charge in [0.2, 0.25) is 0 Å². The number of aromatic nitrogens is 2. The summed E-state index contributed by atoms with van der Waals surface area (Å²) in [6.07, 6.45) is 0.864. The number of hydrogen-bond acceptors (Lipinski definition) is 4. The molecule has 0 aliphatic carbocycles. The number of nitrogens with zero attached hydrogens (tertiary/aromatic N) is 2. The molecule has 1 atom stereocenters. The van der Waals surface area contributed by atoms with Crippen LogP contribution in [0.15, 0.2) is 41.2 Å². The number of nitrogens with one attached hydrogen (secondary N) is 2. The number of halogens is 1. The van der Waals surface area contributed by atoms with Crippen molar-refractivity contribution in [3.8, 4) is 5.69 Å². The molecule has 1 aliphatic rings. The van der Waals surface area contributed by atoms with Crippen molar-refractivity contribution < 1.29 is 9.18 Å². The molecule has 1 aromatic heterocycles. The largest absolute Gasteiger partial charge is 0.347 e. The maximum atomic E-state index is 13.0. The average Bonchev–Trinajstić information content (AvgIpc) is 3.01. The van der Waals surface area contributed by atoms with Crippen LogP contribution in [-0.2, 0) is 0 Å². The van der Waals surface area contributed by atoms with Gasteiger partial charge in [0, 0.05) is 18.7 Å². The highest BCUT2D eigenvalue weighted by atomic mass is 19.1. The third kappa shape index (κ3) is 3.04. The number of amides is 1. The smallest absolute Gasteiger partial charge is 0.272 e. The molecule has 2 aromatic rings. The zero-order valence-corrected chi connectivity index (χ0v) is 11.8. The van der Waals surface area contributed by atoms with E-state index in [1.807, 2.05) is 0 Å². The second kappa shape index (κ2) is 6.07. The van der Waals surface area contributed by atoms with E-state index < -0.39 is 5.82 Å². The van der Waals surface area contributed by atoms with Gasteiger partial charge in [-0.05, 0) is 43.3 Å². The molecule has 1 unspecified atom stereocenters.